The number of hydrogen-bond donors (Lipinski definition) is 0. The lowest BCUT2D eigenvalue weighted by Gasteiger charge is -2.32. The van der Waals surface area contributed by atoms with Gasteiger partial charge in [0.15, 0.2) is 0 Å². The van der Waals surface area contributed by atoms with Crippen molar-refractivity contribution in [1.82, 2.24) is 4.57 Å². The van der Waals surface area contributed by atoms with Crippen LogP contribution >= 0.6 is 0 Å². The topological polar surface area (TPSA) is 92.7 Å². The van der Waals surface area contributed by atoms with Gasteiger partial charge in [-0.1, -0.05) is 103 Å². The first-order valence-corrected chi connectivity index (χ1v) is 16.8. The number of rotatable bonds is 3. The maximum atomic E-state index is 10.8. The molecule has 3 heterocycles. The molecule has 2 aromatic heterocycles. The average Bonchev–Trinajstić information content (AvgIpc) is 3.84. The molecule has 2 atom stereocenters. The van der Waals surface area contributed by atoms with Crippen molar-refractivity contribution in [3.8, 4) is 35.0 Å². The second kappa shape index (κ2) is 10.8. The summed E-state index contributed by atoms with van der Waals surface area (Å²) in [6.45, 7) is 0. The van der Waals surface area contributed by atoms with Crippen LogP contribution < -0.4 is 4.90 Å². The van der Waals surface area contributed by atoms with E-state index in [1.54, 1.807) is 6.07 Å². The van der Waals surface area contributed by atoms with Crippen LogP contribution in [0.25, 0.3) is 55.7 Å². The van der Waals surface area contributed by atoms with E-state index in [1.165, 1.54) is 0 Å². The summed E-state index contributed by atoms with van der Waals surface area (Å²) in [5, 5.41) is 34.9. The average molecular weight is 652 g/mol. The molecule has 1 aliphatic carbocycles. The predicted octanol–water partition coefficient (Wildman–Crippen LogP) is 10.5. The molecule has 1 aliphatic heterocycles. The molecule has 10 rings (SSSR count). The lowest BCUT2D eigenvalue weighted by Crippen LogP contribution is -2.31. The highest BCUT2D eigenvalue weighted by Crippen LogP contribution is 2.55. The summed E-state index contributed by atoms with van der Waals surface area (Å²) >= 11 is 0. The predicted molar refractivity (Wildman–Crippen MR) is 200 cm³/mol. The van der Waals surface area contributed by atoms with Crippen molar-refractivity contribution in [3.05, 3.63) is 167 Å². The smallest absolute Gasteiger partial charge is 0.134 e. The van der Waals surface area contributed by atoms with Crippen molar-refractivity contribution in [3.63, 3.8) is 0 Å². The molecule has 0 bridgehead atoms. The van der Waals surface area contributed by atoms with Gasteiger partial charge >= 0.3 is 0 Å². The van der Waals surface area contributed by atoms with Crippen molar-refractivity contribution in [1.29, 1.82) is 15.8 Å². The zero-order chi connectivity index (χ0) is 34.2. The second-order valence-electron chi connectivity index (χ2n) is 12.9. The Kier molecular flexibility index (Phi) is 6.09. The molecule has 0 spiro atoms. The van der Waals surface area contributed by atoms with E-state index in [4.69, 9.17) is 4.42 Å². The van der Waals surface area contributed by atoms with E-state index in [-0.39, 0.29) is 23.1 Å². The Bertz CT molecular complexity index is 2890. The van der Waals surface area contributed by atoms with Crippen LogP contribution in [0.1, 0.15) is 39.5 Å². The number of para-hydroxylation sites is 5. The molecule has 0 saturated carbocycles. The molecule has 236 valence electrons. The zero-order valence-corrected chi connectivity index (χ0v) is 27.1. The van der Waals surface area contributed by atoms with Gasteiger partial charge in [-0.3, -0.25) is 0 Å². The van der Waals surface area contributed by atoms with E-state index in [0.717, 1.165) is 72.2 Å². The Morgan fingerprint density at radius 3 is 1.98 bits per heavy atom. The maximum Gasteiger partial charge on any atom is 0.134 e. The van der Waals surface area contributed by atoms with Crippen LogP contribution in [0.5, 0.6) is 0 Å². The molecule has 0 N–H and O–H groups in total. The fourth-order valence-corrected chi connectivity index (χ4v) is 8.43. The largest absolute Gasteiger partial charge is 0.460 e. The van der Waals surface area contributed by atoms with Crippen molar-refractivity contribution < 1.29 is 4.42 Å². The highest BCUT2D eigenvalue weighted by atomic mass is 16.3. The Morgan fingerprint density at radius 2 is 1.24 bits per heavy atom. The second-order valence-corrected chi connectivity index (χ2v) is 12.9. The minimum Gasteiger partial charge on any atom is -0.460 e. The van der Waals surface area contributed by atoms with Crippen molar-refractivity contribution in [2.24, 2.45) is 0 Å². The summed E-state index contributed by atoms with van der Waals surface area (Å²) < 4.78 is 8.71. The van der Waals surface area contributed by atoms with Crippen LogP contribution in [0.3, 0.4) is 0 Å². The van der Waals surface area contributed by atoms with Crippen LogP contribution in [-0.2, 0) is 0 Å². The molecule has 0 fully saturated rings. The van der Waals surface area contributed by atoms with E-state index >= 15 is 0 Å². The molecular formula is C45H25N5O. The van der Waals surface area contributed by atoms with E-state index in [2.05, 4.69) is 76.2 Å². The van der Waals surface area contributed by atoms with Gasteiger partial charge in [-0.2, -0.15) is 15.8 Å². The molecule has 6 heteroatoms. The number of nitriles is 3. The van der Waals surface area contributed by atoms with Gasteiger partial charge in [-0.25, -0.2) is 0 Å². The SMILES string of the molecule is N#Cc1ccc(-c2cccc(C#N)c2N2c3ccccc3C3c4oc5ccccc5c4C=CC32)c(-n2c3ccccc3c3ccccc32)c1C#N. The van der Waals surface area contributed by atoms with Crippen LogP contribution in [0.2, 0.25) is 0 Å². The molecule has 2 aliphatic rings. The van der Waals surface area contributed by atoms with Gasteiger partial charge in [0.05, 0.1) is 51.1 Å². The fourth-order valence-electron chi connectivity index (χ4n) is 8.43. The van der Waals surface area contributed by atoms with Crippen molar-refractivity contribution >= 4 is 50.2 Å². The molecule has 51 heavy (non-hydrogen) atoms. The van der Waals surface area contributed by atoms with Gasteiger partial charge in [0.2, 0.25) is 0 Å². The Balaban J connectivity index is 1.28. The van der Waals surface area contributed by atoms with Crippen molar-refractivity contribution in [2.75, 3.05) is 4.90 Å². The number of benzene rings is 6. The number of aromatic nitrogens is 1. The van der Waals surface area contributed by atoms with Gasteiger partial charge in [0, 0.05) is 38.5 Å². The minimum absolute atomic E-state index is 0.111. The lowest BCUT2D eigenvalue weighted by atomic mass is 9.85. The first kappa shape index (κ1) is 28.7. The first-order chi connectivity index (χ1) is 25.2. The highest BCUT2D eigenvalue weighted by molar-refractivity contribution is 6.10. The molecular weight excluding hydrogens is 627 g/mol. The Labute approximate surface area is 293 Å². The number of furan rings is 1. The highest BCUT2D eigenvalue weighted by Gasteiger charge is 2.45. The van der Waals surface area contributed by atoms with Gasteiger partial charge in [0.1, 0.15) is 29.6 Å². The number of nitrogens with zero attached hydrogens (tertiary/aromatic N) is 5. The standard InChI is InChI=1S/C45H25N5O/c46-24-27-20-21-33(44(36(27)26-48)49-37-16-5-1-11-29(37)30-12-2-6-17-38(30)49)32-15-9-10-28(25-47)43(32)50-39-18-7-3-14-35(39)42-40(50)23-22-34-31-13-4-8-19-41(31)51-45(34)42/h1-23,40,42H. The summed E-state index contributed by atoms with van der Waals surface area (Å²) in [4.78, 5) is 2.26. The fraction of sp³-hybridized carbons (Fsp3) is 0.0444. The lowest BCUT2D eigenvalue weighted by molar-refractivity contribution is 0.505. The van der Waals surface area contributed by atoms with Gasteiger partial charge in [-0.05, 0) is 42.0 Å². The van der Waals surface area contributed by atoms with Crippen LogP contribution in [-0.4, -0.2) is 10.6 Å². The molecule has 6 nitrogen and oxygen atoms in total. The van der Waals surface area contributed by atoms with Crippen LogP contribution in [0.15, 0.2) is 138 Å². The number of anilines is 2. The zero-order valence-electron chi connectivity index (χ0n) is 27.1. The monoisotopic (exact) mass is 651 g/mol. The van der Waals surface area contributed by atoms with Crippen LogP contribution in [0.4, 0.5) is 11.4 Å². The molecule has 8 aromatic rings. The van der Waals surface area contributed by atoms with E-state index in [1.807, 2.05) is 84.9 Å². The molecule has 2 unspecified atom stereocenters. The van der Waals surface area contributed by atoms with E-state index in [0.29, 0.717) is 11.3 Å². The summed E-state index contributed by atoms with van der Waals surface area (Å²) in [7, 11) is 0. The third-order valence-corrected chi connectivity index (χ3v) is 10.5. The molecule has 0 saturated heterocycles. The Morgan fingerprint density at radius 1 is 0.569 bits per heavy atom. The summed E-state index contributed by atoms with van der Waals surface area (Å²) in [6.07, 6.45) is 4.37. The summed E-state index contributed by atoms with van der Waals surface area (Å²) in [5.74, 6) is 0.798. The molecule has 6 aromatic carbocycles. The van der Waals surface area contributed by atoms with Gasteiger partial charge < -0.3 is 13.9 Å². The van der Waals surface area contributed by atoms with E-state index in [9.17, 15) is 15.8 Å². The Hall–Kier alpha value is -7.33. The normalized spacial score (nSPS) is 15.7. The summed E-state index contributed by atoms with van der Waals surface area (Å²) in [5.41, 5.74) is 9.81. The maximum absolute atomic E-state index is 10.8. The number of hydrogen-bond acceptors (Lipinski definition) is 5. The van der Waals surface area contributed by atoms with E-state index < -0.39 is 0 Å². The first-order valence-electron chi connectivity index (χ1n) is 16.8. The third kappa shape index (κ3) is 3.89. The van der Waals surface area contributed by atoms with Crippen LogP contribution in [0, 0.1) is 34.0 Å². The molecule has 0 amide bonds. The quantitative estimate of drug-likeness (QED) is 0.190. The van der Waals surface area contributed by atoms with Gasteiger partial charge in [0.25, 0.3) is 0 Å². The molecule has 0 radical (unpaired) electrons. The third-order valence-electron chi connectivity index (χ3n) is 10.5. The van der Waals surface area contributed by atoms with Gasteiger partial charge in [-0.15, -0.1) is 0 Å². The minimum atomic E-state index is -0.186. The summed E-state index contributed by atoms with van der Waals surface area (Å²) in [6, 6.07) is 49.1. The number of fused-ring (bicyclic) bond motifs is 10. The van der Waals surface area contributed by atoms with Crippen molar-refractivity contribution in [2.45, 2.75) is 12.0 Å².